The second-order valence-electron chi connectivity index (χ2n) is 5.30. The van der Waals surface area contributed by atoms with Gasteiger partial charge in [0.2, 0.25) is 0 Å². The maximum atomic E-state index is 14.1. The van der Waals surface area contributed by atoms with Gasteiger partial charge in [0.05, 0.1) is 11.7 Å². The standard InChI is InChI=1S/C15H20F2N4/c1-8-5-6-11(15(17)14(8)16)13(19-18)7-12-9(2)20-21(4)10(12)3/h5-6,13,19H,7,18H2,1-4H3. The summed E-state index contributed by atoms with van der Waals surface area (Å²) in [6.45, 7) is 5.36. The number of halogens is 2. The zero-order valence-corrected chi connectivity index (χ0v) is 12.7. The lowest BCUT2D eigenvalue weighted by atomic mass is 9.96. The lowest BCUT2D eigenvalue weighted by Gasteiger charge is -2.18. The molecule has 6 heteroatoms. The molecule has 2 rings (SSSR count). The molecule has 0 saturated carbocycles. The Bertz CT molecular complexity index is 664. The van der Waals surface area contributed by atoms with Crippen LogP contribution in [0.4, 0.5) is 8.78 Å². The van der Waals surface area contributed by atoms with Crippen LogP contribution in [-0.2, 0) is 13.5 Å². The number of nitrogens with two attached hydrogens (primary N) is 1. The third-order valence-electron chi connectivity index (χ3n) is 3.95. The first-order chi connectivity index (χ1) is 9.86. The van der Waals surface area contributed by atoms with Crippen molar-refractivity contribution in [2.75, 3.05) is 0 Å². The van der Waals surface area contributed by atoms with E-state index in [4.69, 9.17) is 5.84 Å². The van der Waals surface area contributed by atoms with E-state index in [-0.39, 0.29) is 11.1 Å². The zero-order chi connectivity index (χ0) is 15.7. The molecule has 2 aromatic rings. The molecule has 4 nitrogen and oxygen atoms in total. The molecule has 114 valence electrons. The molecule has 0 radical (unpaired) electrons. The van der Waals surface area contributed by atoms with E-state index in [1.54, 1.807) is 16.8 Å². The van der Waals surface area contributed by atoms with Crippen molar-refractivity contribution in [1.82, 2.24) is 15.2 Å². The van der Waals surface area contributed by atoms with Crippen molar-refractivity contribution in [1.29, 1.82) is 0 Å². The van der Waals surface area contributed by atoms with Crippen LogP contribution in [-0.4, -0.2) is 9.78 Å². The summed E-state index contributed by atoms with van der Waals surface area (Å²) in [7, 11) is 1.85. The van der Waals surface area contributed by atoms with Crippen LogP contribution in [0.2, 0.25) is 0 Å². The number of hydrogen-bond donors (Lipinski definition) is 2. The van der Waals surface area contributed by atoms with Gasteiger partial charge in [-0.1, -0.05) is 12.1 Å². The summed E-state index contributed by atoms with van der Waals surface area (Å²) in [4.78, 5) is 0. The third-order valence-corrected chi connectivity index (χ3v) is 3.95. The highest BCUT2D eigenvalue weighted by Crippen LogP contribution is 2.26. The van der Waals surface area contributed by atoms with Gasteiger partial charge in [-0.05, 0) is 38.3 Å². The van der Waals surface area contributed by atoms with Crippen LogP contribution >= 0.6 is 0 Å². The number of rotatable bonds is 4. The third kappa shape index (κ3) is 2.82. The Morgan fingerprint density at radius 1 is 1.24 bits per heavy atom. The first kappa shape index (κ1) is 15.6. The van der Waals surface area contributed by atoms with Crippen LogP contribution in [0.15, 0.2) is 12.1 Å². The number of aryl methyl sites for hydroxylation is 3. The van der Waals surface area contributed by atoms with E-state index in [1.165, 1.54) is 6.92 Å². The number of hydrogen-bond acceptors (Lipinski definition) is 3. The Morgan fingerprint density at radius 3 is 2.43 bits per heavy atom. The maximum absolute atomic E-state index is 14.1. The Labute approximate surface area is 122 Å². The molecule has 3 N–H and O–H groups in total. The minimum absolute atomic E-state index is 0.225. The molecule has 0 aliphatic heterocycles. The van der Waals surface area contributed by atoms with Gasteiger partial charge < -0.3 is 0 Å². The van der Waals surface area contributed by atoms with Crippen LogP contribution in [0.3, 0.4) is 0 Å². The van der Waals surface area contributed by atoms with E-state index in [2.05, 4.69) is 10.5 Å². The number of benzene rings is 1. The highest BCUT2D eigenvalue weighted by Gasteiger charge is 2.21. The van der Waals surface area contributed by atoms with Crippen molar-refractivity contribution in [3.63, 3.8) is 0 Å². The fourth-order valence-corrected chi connectivity index (χ4v) is 2.51. The SMILES string of the molecule is Cc1ccc(C(Cc2c(C)nn(C)c2C)NN)c(F)c1F. The lowest BCUT2D eigenvalue weighted by molar-refractivity contribution is 0.460. The van der Waals surface area contributed by atoms with Crippen molar-refractivity contribution in [3.05, 3.63) is 51.8 Å². The van der Waals surface area contributed by atoms with Gasteiger partial charge in [0.1, 0.15) is 0 Å². The monoisotopic (exact) mass is 294 g/mol. The number of hydrazine groups is 1. The summed E-state index contributed by atoms with van der Waals surface area (Å²) < 4.78 is 29.6. The lowest BCUT2D eigenvalue weighted by Crippen LogP contribution is -2.30. The molecule has 0 aliphatic rings. The molecule has 0 bridgehead atoms. The average molecular weight is 294 g/mol. The molecule has 1 unspecified atom stereocenters. The van der Waals surface area contributed by atoms with Gasteiger partial charge in [-0.15, -0.1) is 0 Å². The molecule has 0 fully saturated rings. The summed E-state index contributed by atoms with van der Waals surface area (Å²) in [6, 6.07) is 2.61. The largest absolute Gasteiger partial charge is 0.272 e. The van der Waals surface area contributed by atoms with E-state index in [9.17, 15) is 8.78 Å². The van der Waals surface area contributed by atoms with Gasteiger partial charge in [-0.3, -0.25) is 16.0 Å². The van der Waals surface area contributed by atoms with Crippen LogP contribution in [0.5, 0.6) is 0 Å². The molecule has 0 aliphatic carbocycles. The van der Waals surface area contributed by atoms with Crippen LogP contribution in [0.25, 0.3) is 0 Å². The van der Waals surface area contributed by atoms with Gasteiger partial charge in [0.25, 0.3) is 0 Å². The second kappa shape index (κ2) is 5.91. The van der Waals surface area contributed by atoms with Crippen LogP contribution < -0.4 is 11.3 Å². The molecular formula is C15H20F2N4. The van der Waals surface area contributed by atoms with Crippen LogP contribution in [0, 0.1) is 32.4 Å². The van der Waals surface area contributed by atoms with Crippen molar-refractivity contribution < 1.29 is 8.78 Å². The predicted molar refractivity (Wildman–Crippen MR) is 77.5 cm³/mol. The Morgan fingerprint density at radius 2 is 1.90 bits per heavy atom. The van der Waals surface area contributed by atoms with E-state index in [1.807, 2.05) is 20.9 Å². The summed E-state index contributed by atoms with van der Waals surface area (Å²) in [5, 5.41) is 4.33. The number of nitrogens with one attached hydrogen (secondary N) is 1. The highest BCUT2D eigenvalue weighted by molar-refractivity contribution is 5.32. The minimum atomic E-state index is -0.850. The first-order valence-electron chi connectivity index (χ1n) is 6.76. The van der Waals surface area contributed by atoms with Crippen molar-refractivity contribution in [2.24, 2.45) is 12.9 Å². The highest BCUT2D eigenvalue weighted by atomic mass is 19.2. The molecule has 1 heterocycles. The average Bonchev–Trinajstić information content (AvgIpc) is 2.69. The van der Waals surface area contributed by atoms with E-state index in [0.29, 0.717) is 6.42 Å². The molecule has 0 spiro atoms. The number of nitrogens with zero attached hydrogens (tertiary/aromatic N) is 2. The summed E-state index contributed by atoms with van der Waals surface area (Å²) in [6.07, 6.45) is 0.446. The van der Waals surface area contributed by atoms with Gasteiger partial charge in [-0.2, -0.15) is 5.10 Å². The van der Waals surface area contributed by atoms with Crippen LogP contribution in [0.1, 0.15) is 34.1 Å². The topological polar surface area (TPSA) is 55.9 Å². The fourth-order valence-electron chi connectivity index (χ4n) is 2.51. The predicted octanol–water partition coefficient (Wildman–Crippen LogP) is 2.37. The summed E-state index contributed by atoms with van der Waals surface area (Å²) >= 11 is 0. The normalized spacial score (nSPS) is 12.7. The Hall–Kier alpha value is -1.79. The first-order valence-corrected chi connectivity index (χ1v) is 6.76. The van der Waals surface area contributed by atoms with Gasteiger partial charge in [0, 0.05) is 18.3 Å². The quantitative estimate of drug-likeness (QED) is 0.672. The Kier molecular flexibility index (Phi) is 4.39. The fraction of sp³-hybridized carbons (Fsp3) is 0.400. The molecule has 21 heavy (non-hydrogen) atoms. The minimum Gasteiger partial charge on any atom is -0.272 e. The molecular weight excluding hydrogens is 274 g/mol. The summed E-state index contributed by atoms with van der Waals surface area (Å²) in [5.41, 5.74) is 5.92. The van der Waals surface area contributed by atoms with E-state index < -0.39 is 17.7 Å². The molecule has 1 aromatic heterocycles. The zero-order valence-electron chi connectivity index (χ0n) is 12.7. The smallest absolute Gasteiger partial charge is 0.163 e. The van der Waals surface area contributed by atoms with Crippen molar-refractivity contribution >= 4 is 0 Å². The number of aromatic nitrogens is 2. The van der Waals surface area contributed by atoms with E-state index >= 15 is 0 Å². The molecule has 1 aromatic carbocycles. The molecule has 0 saturated heterocycles. The Balaban J connectivity index is 2.39. The van der Waals surface area contributed by atoms with E-state index in [0.717, 1.165) is 17.0 Å². The van der Waals surface area contributed by atoms with Crippen molar-refractivity contribution in [3.8, 4) is 0 Å². The van der Waals surface area contributed by atoms with Gasteiger partial charge in [-0.25, -0.2) is 8.78 Å². The molecule has 1 atom stereocenters. The van der Waals surface area contributed by atoms with Crippen molar-refractivity contribution in [2.45, 2.75) is 33.2 Å². The van der Waals surface area contributed by atoms with Gasteiger partial charge >= 0.3 is 0 Å². The molecule has 0 amide bonds. The summed E-state index contributed by atoms with van der Waals surface area (Å²) in [5.74, 6) is 3.87. The van der Waals surface area contributed by atoms with Gasteiger partial charge in [0.15, 0.2) is 11.6 Å². The second-order valence-corrected chi connectivity index (χ2v) is 5.30. The maximum Gasteiger partial charge on any atom is 0.163 e.